The number of hydrogen-bond acceptors (Lipinski definition) is 7. The van der Waals surface area contributed by atoms with E-state index in [1.165, 1.54) is 173 Å². The molecule has 0 N–H and O–H groups in total. The minimum atomic E-state index is -4.53. The Morgan fingerprint density at radius 1 is 0.564 bits per heavy atom. The van der Waals surface area contributed by atoms with Crippen LogP contribution in [0.4, 0.5) is 0 Å². The molecule has 0 aliphatic heterocycles. The lowest BCUT2D eigenvalue weighted by Crippen LogP contribution is -2.37. The highest BCUT2D eigenvalue weighted by atomic mass is 31.2. The first-order valence-electron chi connectivity index (χ1n) is 23.5. The largest absolute Gasteiger partial charge is 0.756 e. The van der Waals surface area contributed by atoms with Crippen molar-refractivity contribution >= 4 is 13.8 Å². The average molecular weight is 802 g/mol. The van der Waals surface area contributed by atoms with E-state index in [9.17, 15) is 14.3 Å². The van der Waals surface area contributed by atoms with E-state index in [0.717, 1.165) is 32.1 Å². The summed E-state index contributed by atoms with van der Waals surface area (Å²) in [6.45, 7) is 4.78. The maximum absolute atomic E-state index is 12.7. The summed E-state index contributed by atoms with van der Waals surface area (Å²) in [5.41, 5.74) is 0. The lowest BCUT2D eigenvalue weighted by molar-refractivity contribution is -0.870. The topological polar surface area (TPSA) is 94.1 Å². The van der Waals surface area contributed by atoms with Gasteiger partial charge in [-0.2, -0.15) is 0 Å². The van der Waals surface area contributed by atoms with Crippen molar-refractivity contribution in [2.24, 2.45) is 0 Å². The van der Waals surface area contributed by atoms with Crippen molar-refractivity contribution in [3.05, 3.63) is 12.3 Å². The lowest BCUT2D eigenvalue weighted by atomic mass is 10.0. The highest BCUT2D eigenvalue weighted by Gasteiger charge is 2.20. The van der Waals surface area contributed by atoms with Crippen molar-refractivity contribution in [2.75, 3.05) is 47.5 Å². The van der Waals surface area contributed by atoms with E-state index in [2.05, 4.69) is 13.8 Å². The van der Waals surface area contributed by atoms with Crippen molar-refractivity contribution in [2.45, 2.75) is 232 Å². The fraction of sp³-hybridized carbons (Fsp3) is 0.935. The molecule has 0 amide bonds. The molecule has 0 heterocycles. The summed E-state index contributed by atoms with van der Waals surface area (Å²) in [4.78, 5) is 25.0. The lowest BCUT2D eigenvalue weighted by Gasteiger charge is -2.28. The first-order chi connectivity index (χ1) is 26.6. The van der Waals surface area contributed by atoms with Crippen LogP contribution in [0, 0.1) is 0 Å². The Kier molecular flexibility index (Phi) is 39.2. The van der Waals surface area contributed by atoms with Crippen molar-refractivity contribution in [1.82, 2.24) is 0 Å². The first-order valence-corrected chi connectivity index (χ1v) is 24.9. The number of unbranched alkanes of at least 4 members (excludes halogenated alkanes) is 30. The number of phosphoric acid groups is 1. The van der Waals surface area contributed by atoms with Crippen LogP contribution in [-0.2, 0) is 27.9 Å². The van der Waals surface area contributed by atoms with Gasteiger partial charge in [0.2, 0.25) is 0 Å². The van der Waals surface area contributed by atoms with Gasteiger partial charge in [-0.15, -0.1) is 0 Å². The Hall–Kier alpha value is -0.920. The van der Waals surface area contributed by atoms with Gasteiger partial charge in [-0.05, 0) is 25.3 Å². The van der Waals surface area contributed by atoms with E-state index in [4.69, 9.17) is 18.5 Å². The number of esters is 1. The number of rotatable bonds is 44. The Labute approximate surface area is 341 Å². The van der Waals surface area contributed by atoms with Gasteiger partial charge in [-0.3, -0.25) is 9.36 Å². The van der Waals surface area contributed by atoms with Gasteiger partial charge in [-0.1, -0.05) is 200 Å². The normalized spacial score (nSPS) is 13.7. The smallest absolute Gasteiger partial charge is 0.306 e. The van der Waals surface area contributed by atoms with Crippen molar-refractivity contribution < 1.29 is 37.3 Å². The van der Waals surface area contributed by atoms with Crippen LogP contribution < -0.4 is 4.89 Å². The molecule has 0 aliphatic rings. The number of phosphoric ester groups is 1. The first kappa shape index (κ1) is 54.1. The highest BCUT2D eigenvalue weighted by Crippen LogP contribution is 2.38. The van der Waals surface area contributed by atoms with Crippen LogP contribution in [-0.4, -0.2) is 64.1 Å². The van der Waals surface area contributed by atoms with Crippen LogP contribution in [0.25, 0.3) is 0 Å². The molecule has 0 spiro atoms. The molecular formula is C46H92NO7P. The summed E-state index contributed by atoms with van der Waals surface area (Å²) in [5, 5.41) is 0. The molecule has 1 unspecified atom stereocenters. The van der Waals surface area contributed by atoms with E-state index in [1.54, 1.807) is 6.26 Å². The summed E-state index contributed by atoms with van der Waals surface area (Å²) >= 11 is 0. The molecule has 328 valence electrons. The minimum Gasteiger partial charge on any atom is -0.756 e. The van der Waals surface area contributed by atoms with Gasteiger partial charge in [-0.25, -0.2) is 0 Å². The van der Waals surface area contributed by atoms with Gasteiger partial charge in [0, 0.05) is 6.42 Å². The van der Waals surface area contributed by atoms with Gasteiger partial charge in [0.15, 0.2) is 6.10 Å². The Morgan fingerprint density at radius 3 is 1.35 bits per heavy atom. The second-order valence-electron chi connectivity index (χ2n) is 17.2. The SMILES string of the molecule is CCCCCCCCCCCCCCCCCC/C=C/OC[C@H](COP(=O)([O-])OCC[N+](C)(C)C)OC(=O)CCCCCCCCCCCCCCCCC. The number of carbonyl (C=O) groups is 1. The number of quaternary nitrogens is 1. The van der Waals surface area contributed by atoms with Crippen LogP contribution in [0.3, 0.4) is 0 Å². The van der Waals surface area contributed by atoms with Gasteiger partial charge in [0.25, 0.3) is 7.82 Å². The molecule has 55 heavy (non-hydrogen) atoms. The number of nitrogens with zero attached hydrogens (tertiary/aromatic N) is 1. The van der Waals surface area contributed by atoms with E-state index in [1.807, 2.05) is 27.2 Å². The maximum Gasteiger partial charge on any atom is 0.306 e. The quantitative estimate of drug-likeness (QED) is 0.0199. The highest BCUT2D eigenvalue weighted by molar-refractivity contribution is 7.45. The molecule has 0 saturated carbocycles. The fourth-order valence-corrected chi connectivity index (χ4v) is 7.48. The zero-order valence-electron chi connectivity index (χ0n) is 37.1. The third-order valence-corrected chi connectivity index (χ3v) is 11.4. The molecular weight excluding hydrogens is 709 g/mol. The van der Waals surface area contributed by atoms with E-state index < -0.39 is 13.9 Å². The predicted octanol–water partition coefficient (Wildman–Crippen LogP) is 13.5. The van der Waals surface area contributed by atoms with Crippen LogP contribution in [0.15, 0.2) is 12.3 Å². The van der Waals surface area contributed by atoms with Gasteiger partial charge in [0.1, 0.15) is 19.8 Å². The second kappa shape index (κ2) is 39.9. The molecule has 0 saturated heterocycles. The van der Waals surface area contributed by atoms with Gasteiger partial charge < -0.3 is 27.9 Å². The fourth-order valence-electron chi connectivity index (χ4n) is 6.75. The predicted molar refractivity (Wildman–Crippen MR) is 231 cm³/mol. The maximum atomic E-state index is 12.7. The molecule has 0 fully saturated rings. The zero-order chi connectivity index (χ0) is 40.6. The molecule has 0 aromatic heterocycles. The van der Waals surface area contributed by atoms with Crippen LogP contribution >= 0.6 is 7.82 Å². The van der Waals surface area contributed by atoms with Gasteiger partial charge >= 0.3 is 5.97 Å². The third kappa shape index (κ3) is 44.0. The summed E-state index contributed by atoms with van der Waals surface area (Å²) in [7, 11) is 1.34. The molecule has 0 aromatic carbocycles. The van der Waals surface area contributed by atoms with Gasteiger partial charge in [0.05, 0.1) is 34.0 Å². The second-order valence-corrected chi connectivity index (χ2v) is 18.6. The molecule has 0 aromatic rings. The monoisotopic (exact) mass is 802 g/mol. The molecule has 0 rings (SSSR count). The average Bonchev–Trinajstić information content (AvgIpc) is 3.13. The standard InChI is InChI=1S/C46H92NO7P/c1-6-8-10-12-14-16-18-20-22-23-24-26-28-30-32-34-36-38-41-51-43-45(44-53-55(49,50)52-42-40-47(3,4)5)54-46(48)39-37-35-33-31-29-27-25-21-19-17-15-13-11-9-7-2/h38,41,45H,6-37,39-40,42-44H2,1-5H3/b41-38+/t45-/m1/s1. The Morgan fingerprint density at radius 2 is 0.945 bits per heavy atom. The third-order valence-electron chi connectivity index (χ3n) is 10.4. The summed E-state index contributed by atoms with van der Waals surface area (Å²) in [6.07, 6.45) is 44.6. The summed E-state index contributed by atoms with van der Waals surface area (Å²) in [5.74, 6) is -0.351. The molecule has 2 atom stereocenters. The molecule has 0 aliphatic carbocycles. The molecule has 8 nitrogen and oxygen atoms in total. The number of allylic oxidation sites excluding steroid dienone is 1. The van der Waals surface area contributed by atoms with Crippen LogP contribution in [0.1, 0.15) is 226 Å². The van der Waals surface area contributed by atoms with E-state index >= 15 is 0 Å². The van der Waals surface area contributed by atoms with E-state index in [0.29, 0.717) is 17.4 Å². The van der Waals surface area contributed by atoms with E-state index in [-0.39, 0.29) is 25.8 Å². The summed E-state index contributed by atoms with van der Waals surface area (Å²) in [6, 6.07) is 0. The molecule has 9 heteroatoms. The Bertz CT molecular complexity index is 894. The van der Waals surface area contributed by atoms with Crippen molar-refractivity contribution in [1.29, 1.82) is 0 Å². The zero-order valence-corrected chi connectivity index (χ0v) is 38.0. The Balaban J connectivity index is 4.20. The minimum absolute atomic E-state index is 0.0204. The van der Waals surface area contributed by atoms with Crippen molar-refractivity contribution in [3.8, 4) is 0 Å². The number of likely N-dealkylation sites (N-methyl/N-ethyl adjacent to an activating group) is 1. The van der Waals surface area contributed by atoms with Crippen LogP contribution in [0.5, 0.6) is 0 Å². The number of ether oxygens (including phenoxy) is 2. The van der Waals surface area contributed by atoms with Crippen LogP contribution in [0.2, 0.25) is 0 Å². The molecule has 0 radical (unpaired) electrons. The van der Waals surface area contributed by atoms with Crippen molar-refractivity contribution in [3.63, 3.8) is 0 Å². The number of hydrogen-bond donors (Lipinski definition) is 0. The number of carbonyl (C=O) groups excluding carboxylic acids is 1. The molecule has 0 bridgehead atoms. The summed E-state index contributed by atoms with van der Waals surface area (Å²) < 4.78 is 34.4.